The summed E-state index contributed by atoms with van der Waals surface area (Å²) in [7, 11) is 0. The minimum Gasteiger partial charge on any atom is -0.439 e. The molecule has 0 atom stereocenters. The number of hydrogen-bond donors (Lipinski definition) is 1. The van der Waals surface area contributed by atoms with Gasteiger partial charge in [0.2, 0.25) is 0 Å². The summed E-state index contributed by atoms with van der Waals surface area (Å²) in [5, 5.41) is 4.78. The normalized spacial score (nSPS) is 11.8. The maximum atomic E-state index is 6.32. The predicted molar refractivity (Wildman–Crippen MR) is 83.4 cm³/mol. The Labute approximate surface area is 129 Å². The molecule has 5 heteroatoms. The van der Waals surface area contributed by atoms with Gasteiger partial charge in [-0.1, -0.05) is 17.7 Å². The Morgan fingerprint density at radius 2 is 2.10 bits per heavy atom. The molecule has 0 spiro atoms. The van der Waals surface area contributed by atoms with E-state index in [1.807, 2.05) is 19.1 Å². The van der Waals surface area contributed by atoms with E-state index in [1.165, 1.54) is 11.8 Å². The molecule has 20 heavy (non-hydrogen) atoms. The van der Waals surface area contributed by atoms with Crippen molar-refractivity contribution in [3.63, 3.8) is 0 Å². The summed E-state index contributed by atoms with van der Waals surface area (Å²) in [5.41, 5.74) is 2.13. The molecular weight excluding hydrogens is 292 g/mol. The van der Waals surface area contributed by atoms with Crippen molar-refractivity contribution in [2.75, 3.05) is 0 Å². The van der Waals surface area contributed by atoms with Gasteiger partial charge in [0.1, 0.15) is 6.26 Å². The van der Waals surface area contributed by atoms with E-state index in [0.717, 1.165) is 27.7 Å². The largest absolute Gasteiger partial charge is 0.439 e. The van der Waals surface area contributed by atoms with Gasteiger partial charge in [0.15, 0.2) is 0 Å². The molecule has 1 N–H and O–H groups in total. The first kappa shape index (κ1) is 15.4. The van der Waals surface area contributed by atoms with Gasteiger partial charge in [0, 0.05) is 17.0 Å². The molecule has 1 aromatic heterocycles. The van der Waals surface area contributed by atoms with Crippen LogP contribution >= 0.6 is 23.4 Å². The first-order valence-electron chi connectivity index (χ1n) is 6.47. The number of aromatic nitrogens is 1. The van der Waals surface area contributed by atoms with Gasteiger partial charge < -0.3 is 9.73 Å². The van der Waals surface area contributed by atoms with Crippen LogP contribution in [-0.4, -0.2) is 10.5 Å². The number of aryl methyl sites for hydroxylation is 1. The Kier molecular flexibility index (Phi) is 4.78. The van der Waals surface area contributed by atoms with E-state index in [4.69, 9.17) is 16.0 Å². The molecule has 1 heterocycles. The highest BCUT2D eigenvalue weighted by atomic mass is 35.5. The van der Waals surface area contributed by atoms with E-state index in [1.54, 1.807) is 6.26 Å². The smallest absolute Gasteiger partial charge is 0.260 e. The molecule has 1 aromatic carbocycles. The Morgan fingerprint density at radius 1 is 1.35 bits per heavy atom. The maximum Gasteiger partial charge on any atom is 0.260 e. The van der Waals surface area contributed by atoms with Crippen LogP contribution in [0.15, 0.2) is 39.0 Å². The number of benzene rings is 1. The van der Waals surface area contributed by atoms with Crippen molar-refractivity contribution in [1.29, 1.82) is 0 Å². The molecule has 0 radical (unpaired) electrons. The third kappa shape index (κ3) is 4.54. The molecule has 0 amide bonds. The Hall–Kier alpha value is -0.970. The van der Waals surface area contributed by atoms with Gasteiger partial charge >= 0.3 is 0 Å². The van der Waals surface area contributed by atoms with E-state index >= 15 is 0 Å². The van der Waals surface area contributed by atoms with Crippen molar-refractivity contribution in [2.24, 2.45) is 0 Å². The van der Waals surface area contributed by atoms with E-state index in [2.05, 4.69) is 37.1 Å². The molecule has 2 rings (SSSR count). The minimum atomic E-state index is 0.0928. The van der Waals surface area contributed by atoms with Gasteiger partial charge in [0.05, 0.1) is 10.7 Å². The number of nitrogens with zero attached hydrogens (tertiary/aromatic N) is 1. The van der Waals surface area contributed by atoms with Crippen molar-refractivity contribution in [3.05, 3.63) is 40.7 Å². The average Bonchev–Trinajstić information content (AvgIpc) is 2.74. The summed E-state index contributed by atoms with van der Waals surface area (Å²) in [6.45, 7) is 9.12. The molecule has 0 fully saturated rings. The van der Waals surface area contributed by atoms with Crippen LogP contribution in [0, 0.1) is 6.92 Å². The second kappa shape index (κ2) is 6.20. The van der Waals surface area contributed by atoms with Crippen molar-refractivity contribution < 1.29 is 4.42 Å². The van der Waals surface area contributed by atoms with Crippen LogP contribution in [0.25, 0.3) is 0 Å². The zero-order valence-electron chi connectivity index (χ0n) is 12.2. The number of nitrogens with one attached hydrogen (secondary N) is 1. The minimum absolute atomic E-state index is 0.0928. The van der Waals surface area contributed by atoms with Gasteiger partial charge in [-0.2, -0.15) is 0 Å². The standard InChI is InChI=1S/C15H19ClN2OS/c1-10-9-19-14(18-10)20-13-6-5-11(7-12(13)16)8-17-15(2,3)4/h5-7,9,17H,8H2,1-4H3. The van der Waals surface area contributed by atoms with Crippen LogP contribution in [0.3, 0.4) is 0 Å². The molecule has 0 unspecified atom stereocenters. The number of rotatable bonds is 4. The fraction of sp³-hybridized carbons (Fsp3) is 0.400. The van der Waals surface area contributed by atoms with Crippen molar-refractivity contribution in [2.45, 2.75) is 49.9 Å². The van der Waals surface area contributed by atoms with Crippen molar-refractivity contribution in [1.82, 2.24) is 10.3 Å². The van der Waals surface area contributed by atoms with Gasteiger partial charge in [-0.15, -0.1) is 0 Å². The maximum absolute atomic E-state index is 6.32. The van der Waals surface area contributed by atoms with Gasteiger partial charge in [0.25, 0.3) is 5.22 Å². The fourth-order valence-electron chi connectivity index (χ4n) is 1.58. The molecule has 2 aromatic rings. The van der Waals surface area contributed by atoms with Crippen LogP contribution in [0.2, 0.25) is 5.02 Å². The molecule has 0 aliphatic rings. The Balaban J connectivity index is 2.06. The summed E-state index contributed by atoms with van der Waals surface area (Å²) >= 11 is 7.76. The monoisotopic (exact) mass is 310 g/mol. The molecule has 0 bridgehead atoms. The number of halogens is 1. The van der Waals surface area contributed by atoms with Gasteiger partial charge in [-0.3, -0.25) is 0 Å². The van der Waals surface area contributed by atoms with Crippen molar-refractivity contribution >= 4 is 23.4 Å². The lowest BCUT2D eigenvalue weighted by Gasteiger charge is -2.20. The topological polar surface area (TPSA) is 38.1 Å². The first-order chi connectivity index (χ1) is 9.33. The van der Waals surface area contributed by atoms with E-state index in [-0.39, 0.29) is 5.54 Å². The summed E-state index contributed by atoms with van der Waals surface area (Å²) in [6, 6.07) is 6.06. The lowest BCUT2D eigenvalue weighted by molar-refractivity contribution is 0.424. The highest BCUT2D eigenvalue weighted by Gasteiger charge is 2.11. The number of hydrogen-bond acceptors (Lipinski definition) is 4. The Bertz CT molecular complexity index is 590. The third-order valence-electron chi connectivity index (χ3n) is 2.61. The highest BCUT2D eigenvalue weighted by Crippen LogP contribution is 2.33. The van der Waals surface area contributed by atoms with E-state index in [0.29, 0.717) is 5.22 Å². The highest BCUT2D eigenvalue weighted by molar-refractivity contribution is 7.99. The molecule has 0 saturated heterocycles. The predicted octanol–water partition coefficient (Wildman–Crippen LogP) is 4.68. The molecule has 0 aliphatic heterocycles. The quantitative estimate of drug-likeness (QED) is 0.890. The van der Waals surface area contributed by atoms with Crippen molar-refractivity contribution in [3.8, 4) is 0 Å². The van der Waals surface area contributed by atoms with Crippen LogP contribution in [0.5, 0.6) is 0 Å². The lowest BCUT2D eigenvalue weighted by Crippen LogP contribution is -2.35. The third-order valence-corrected chi connectivity index (χ3v) is 3.98. The fourth-order valence-corrected chi connectivity index (χ4v) is 2.66. The van der Waals surface area contributed by atoms with E-state index in [9.17, 15) is 0 Å². The second-order valence-corrected chi connectivity index (χ2v) is 7.13. The van der Waals surface area contributed by atoms with Crippen LogP contribution in [-0.2, 0) is 6.54 Å². The van der Waals surface area contributed by atoms with E-state index < -0.39 is 0 Å². The SMILES string of the molecule is Cc1coc(Sc2ccc(CNC(C)(C)C)cc2Cl)n1. The number of oxazole rings is 1. The molecule has 3 nitrogen and oxygen atoms in total. The summed E-state index contributed by atoms with van der Waals surface area (Å²) in [6.07, 6.45) is 1.64. The second-order valence-electron chi connectivity index (χ2n) is 5.73. The van der Waals surface area contributed by atoms with Gasteiger partial charge in [-0.25, -0.2) is 4.98 Å². The summed E-state index contributed by atoms with van der Waals surface area (Å²) < 4.78 is 5.33. The average molecular weight is 311 g/mol. The first-order valence-corrected chi connectivity index (χ1v) is 7.66. The Morgan fingerprint density at radius 3 is 2.65 bits per heavy atom. The summed E-state index contributed by atoms with van der Waals surface area (Å²) in [5.74, 6) is 0. The van der Waals surface area contributed by atoms with Crippen LogP contribution < -0.4 is 5.32 Å². The van der Waals surface area contributed by atoms with Crippen LogP contribution in [0.1, 0.15) is 32.0 Å². The van der Waals surface area contributed by atoms with Crippen LogP contribution in [0.4, 0.5) is 0 Å². The lowest BCUT2D eigenvalue weighted by atomic mass is 10.1. The molecule has 108 valence electrons. The molecular formula is C15H19ClN2OS. The zero-order valence-corrected chi connectivity index (χ0v) is 13.7. The summed E-state index contributed by atoms with van der Waals surface area (Å²) in [4.78, 5) is 5.22. The molecule has 0 saturated carbocycles. The van der Waals surface area contributed by atoms with Gasteiger partial charge in [-0.05, 0) is 57.2 Å². The zero-order chi connectivity index (χ0) is 14.8. The molecule has 0 aliphatic carbocycles.